The predicted octanol–water partition coefficient (Wildman–Crippen LogP) is 2.04. The standard InChI is InChI=1S/C29H31N5O5S/c1-18-9-11-21-7-5-6-8-22(21)23(18)15-34-26-13-20(14-30)10-12-25(26)33(27(35)17-40(4,38)39)16-24(29(34)37)32-28(36)19(2)31-3/h5-13,19,24,31H,15-17H2,1-4H3,(H,32,36)/t19-,24-/m0/s1. The van der Waals surface area contributed by atoms with Crippen molar-refractivity contribution in [3.05, 3.63) is 71.3 Å². The van der Waals surface area contributed by atoms with Crippen molar-refractivity contribution in [3.8, 4) is 6.07 Å². The molecule has 10 nitrogen and oxygen atoms in total. The van der Waals surface area contributed by atoms with Crippen LogP contribution in [0.2, 0.25) is 0 Å². The second-order valence-electron chi connectivity index (χ2n) is 9.97. The van der Waals surface area contributed by atoms with Crippen LogP contribution in [-0.2, 0) is 30.8 Å². The Morgan fingerprint density at radius 1 is 1.12 bits per heavy atom. The van der Waals surface area contributed by atoms with Crippen molar-refractivity contribution in [2.75, 3.05) is 35.4 Å². The molecule has 3 amide bonds. The summed E-state index contributed by atoms with van der Waals surface area (Å²) in [5.41, 5.74) is 2.61. The Morgan fingerprint density at radius 2 is 1.85 bits per heavy atom. The van der Waals surface area contributed by atoms with Crippen LogP contribution in [0.4, 0.5) is 11.4 Å². The Morgan fingerprint density at radius 3 is 2.52 bits per heavy atom. The van der Waals surface area contributed by atoms with Crippen LogP contribution < -0.4 is 20.4 Å². The van der Waals surface area contributed by atoms with Crippen molar-refractivity contribution in [1.82, 2.24) is 10.6 Å². The average molecular weight is 562 g/mol. The van der Waals surface area contributed by atoms with Gasteiger partial charge >= 0.3 is 0 Å². The molecule has 0 unspecified atom stereocenters. The number of nitriles is 1. The summed E-state index contributed by atoms with van der Waals surface area (Å²) in [5.74, 6) is -2.47. The number of nitrogens with one attached hydrogen (secondary N) is 2. The van der Waals surface area contributed by atoms with Crippen LogP contribution in [-0.4, -0.2) is 63.8 Å². The number of fused-ring (bicyclic) bond motifs is 2. The number of aryl methyl sites for hydroxylation is 1. The third-order valence-corrected chi connectivity index (χ3v) is 7.81. The molecular formula is C29H31N5O5S. The number of hydrogen-bond donors (Lipinski definition) is 2. The number of likely N-dealkylation sites (N-methyl/N-ethyl adjacent to an activating group) is 1. The van der Waals surface area contributed by atoms with Gasteiger partial charge in [0.05, 0.1) is 42.1 Å². The van der Waals surface area contributed by atoms with Gasteiger partial charge in [-0.05, 0) is 61.0 Å². The van der Waals surface area contributed by atoms with E-state index in [1.54, 1.807) is 14.0 Å². The molecule has 0 bridgehead atoms. The molecule has 2 atom stereocenters. The number of benzene rings is 3. The molecule has 1 aliphatic heterocycles. The van der Waals surface area contributed by atoms with Crippen LogP contribution in [0, 0.1) is 18.3 Å². The highest BCUT2D eigenvalue weighted by Gasteiger charge is 2.38. The lowest BCUT2D eigenvalue weighted by Crippen LogP contribution is -2.56. The number of sulfone groups is 1. The van der Waals surface area contributed by atoms with Crippen molar-refractivity contribution < 1.29 is 22.8 Å². The minimum Gasteiger partial charge on any atom is -0.341 e. The molecule has 0 radical (unpaired) electrons. The summed E-state index contributed by atoms with van der Waals surface area (Å²) >= 11 is 0. The fourth-order valence-electron chi connectivity index (χ4n) is 4.75. The maximum Gasteiger partial charge on any atom is 0.251 e. The number of hydrogen-bond acceptors (Lipinski definition) is 7. The summed E-state index contributed by atoms with van der Waals surface area (Å²) in [6.07, 6.45) is 0.955. The molecule has 0 saturated heterocycles. The molecular weight excluding hydrogens is 530 g/mol. The van der Waals surface area contributed by atoms with Gasteiger partial charge in [0.1, 0.15) is 11.8 Å². The van der Waals surface area contributed by atoms with Gasteiger partial charge in [0, 0.05) is 6.26 Å². The van der Waals surface area contributed by atoms with E-state index in [1.807, 2.05) is 43.3 Å². The van der Waals surface area contributed by atoms with E-state index in [0.29, 0.717) is 0 Å². The summed E-state index contributed by atoms with van der Waals surface area (Å²) in [7, 11) is -2.10. The van der Waals surface area contributed by atoms with E-state index in [2.05, 4.69) is 16.7 Å². The lowest BCUT2D eigenvalue weighted by Gasteiger charge is -2.27. The van der Waals surface area contributed by atoms with Crippen molar-refractivity contribution in [1.29, 1.82) is 5.26 Å². The van der Waals surface area contributed by atoms with E-state index in [0.717, 1.165) is 28.2 Å². The first-order valence-corrected chi connectivity index (χ1v) is 14.8. The first kappa shape index (κ1) is 28.7. The minimum absolute atomic E-state index is 0.0932. The van der Waals surface area contributed by atoms with Gasteiger partial charge in [-0.2, -0.15) is 5.26 Å². The second kappa shape index (κ2) is 11.5. The van der Waals surface area contributed by atoms with Crippen LogP contribution in [0.15, 0.2) is 54.6 Å². The van der Waals surface area contributed by atoms with Crippen LogP contribution >= 0.6 is 0 Å². The molecule has 1 aliphatic rings. The second-order valence-corrected chi connectivity index (χ2v) is 12.1. The van der Waals surface area contributed by atoms with Crippen LogP contribution in [0.1, 0.15) is 23.6 Å². The summed E-state index contributed by atoms with van der Waals surface area (Å²) in [6.45, 7) is 3.38. The first-order chi connectivity index (χ1) is 18.9. The Balaban J connectivity index is 1.91. The van der Waals surface area contributed by atoms with Crippen molar-refractivity contribution in [3.63, 3.8) is 0 Å². The van der Waals surface area contributed by atoms with Crippen LogP contribution in [0.5, 0.6) is 0 Å². The quantitative estimate of drug-likeness (QED) is 0.450. The third kappa shape index (κ3) is 5.98. The largest absolute Gasteiger partial charge is 0.341 e. The molecule has 208 valence electrons. The number of carbonyl (C=O) groups is 3. The average Bonchev–Trinajstić information content (AvgIpc) is 3.03. The molecule has 1 heterocycles. The topological polar surface area (TPSA) is 140 Å². The number of nitrogens with zero attached hydrogens (tertiary/aromatic N) is 3. The van der Waals surface area contributed by atoms with E-state index < -0.39 is 45.4 Å². The summed E-state index contributed by atoms with van der Waals surface area (Å²) in [4.78, 5) is 43.1. The highest BCUT2D eigenvalue weighted by atomic mass is 32.2. The zero-order valence-corrected chi connectivity index (χ0v) is 23.6. The van der Waals surface area contributed by atoms with Crippen molar-refractivity contribution >= 4 is 49.7 Å². The van der Waals surface area contributed by atoms with Gasteiger partial charge in [0.25, 0.3) is 5.91 Å². The fourth-order valence-corrected chi connectivity index (χ4v) is 5.36. The molecule has 0 fully saturated rings. The SMILES string of the molecule is CN[C@@H](C)C(=O)N[C@H]1CN(C(=O)CS(C)(=O)=O)c2ccc(C#N)cc2N(Cc2c(C)ccc3ccccc23)C1=O. The molecule has 3 aromatic rings. The van der Waals surface area contributed by atoms with Gasteiger partial charge in [0.2, 0.25) is 11.8 Å². The molecule has 0 aliphatic carbocycles. The Kier molecular flexibility index (Phi) is 8.23. The highest BCUT2D eigenvalue weighted by molar-refractivity contribution is 7.91. The van der Waals surface area contributed by atoms with Gasteiger partial charge in [-0.25, -0.2) is 8.42 Å². The third-order valence-electron chi connectivity index (χ3n) is 7.04. The van der Waals surface area contributed by atoms with E-state index in [-0.39, 0.29) is 30.0 Å². The predicted molar refractivity (Wildman–Crippen MR) is 154 cm³/mol. The highest BCUT2D eigenvalue weighted by Crippen LogP contribution is 2.36. The van der Waals surface area contributed by atoms with Crippen LogP contribution in [0.25, 0.3) is 10.8 Å². The molecule has 4 rings (SSSR count). The number of carbonyl (C=O) groups excluding carboxylic acids is 3. The molecule has 0 spiro atoms. The summed E-state index contributed by atoms with van der Waals surface area (Å²) < 4.78 is 24.1. The van der Waals surface area contributed by atoms with E-state index in [1.165, 1.54) is 28.0 Å². The van der Waals surface area contributed by atoms with E-state index >= 15 is 0 Å². The van der Waals surface area contributed by atoms with E-state index in [9.17, 15) is 28.1 Å². The van der Waals surface area contributed by atoms with Gasteiger partial charge in [0.15, 0.2) is 9.84 Å². The minimum atomic E-state index is -3.70. The van der Waals surface area contributed by atoms with Gasteiger partial charge < -0.3 is 20.4 Å². The zero-order chi connectivity index (χ0) is 29.2. The van der Waals surface area contributed by atoms with Gasteiger partial charge in [-0.15, -0.1) is 0 Å². The normalized spacial score (nSPS) is 16.2. The smallest absolute Gasteiger partial charge is 0.251 e. The fraction of sp³-hybridized carbons (Fsp3) is 0.310. The Labute approximate surface area is 233 Å². The lowest BCUT2D eigenvalue weighted by atomic mass is 9.98. The van der Waals surface area contributed by atoms with Crippen molar-refractivity contribution in [2.45, 2.75) is 32.5 Å². The lowest BCUT2D eigenvalue weighted by molar-refractivity contribution is -0.128. The number of amides is 3. The van der Waals surface area contributed by atoms with Crippen molar-refractivity contribution in [2.24, 2.45) is 0 Å². The molecule has 0 aromatic heterocycles. The maximum atomic E-state index is 14.2. The summed E-state index contributed by atoms with van der Waals surface area (Å²) in [6, 6.07) is 16.5. The zero-order valence-electron chi connectivity index (χ0n) is 22.8. The molecule has 2 N–H and O–H groups in total. The molecule has 11 heteroatoms. The number of rotatable bonds is 7. The maximum absolute atomic E-state index is 14.2. The number of anilines is 2. The summed E-state index contributed by atoms with van der Waals surface area (Å²) in [5, 5.41) is 17.1. The first-order valence-electron chi connectivity index (χ1n) is 12.7. The van der Waals surface area contributed by atoms with Gasteiger partial charge in [-0.1, -0.05) is 36.4 Å². The van der Waals surface area contributed by atoms with E-state index in [4.69, 9.17) is 0 Å². The Hall–Kier alpha value is -4.27. The monoisotopic (exact) mass is 561 g/mol. The molecule has 3 aromatic carbocycles. The molecule has 0 saturated carbocycles. The molecule has 40 heavy (non-hydrogen) atoms. The van der Waals surface area contributed by atoms with Gasteiger partial charge in [-0.3, -0.25) is 14.4 Å². The Bertz CT molecular complexity index is 1650. The van der Waals surface area contributed by atoms with Crippen LogP contribution in [0.3, 0.4) is 0 Å².